The third kappa shape index (κ3) is 4.03. The van der Waals surface area contributed by atoms with Gasteiger partial charge in [0, 0.05) is 5.69 Å². The van der Waals surface area contributed by atoms with E-state index in [0.29, 0.717) is 0 Å². The summed E-state index contributed by atoms with van der Waals surface area (Å²) in [6, 6.07) is 16.9. The topological polar surface area (TPSA) is 47.6 Å². The number of hydrogen-bond acceptors (Lipinski definition) is 4. The van der Waals surface area contributed by atoms with Crippen molar-refractivity contribution in [3.05, 3.63) is 54.6 Å². The van der Waals surface area contributed by atoms with Crippen molar-refractivity contribution in [3.8, 4) is 11.5 Å². The second-order valence-electron chi connectivity index (χ2n) is 3.87. The molecule has 0 aromatic heterocycles. The molecule has 0 saturated heterocycles. The number of hydrogen-bond donors (Lipinski definition) is 1. The number of rotatable bonds is 5. The van der Waals surface area contributed by atoms with Gasteiger partial charge in [0.15, 0.2) is 0 Å². The number of anilines is 1. The molecule has 0 bridgehead atoms. The Balaban J connectivity index is 1.93. The number of carbonyl (C=O) groups is 1. The highest BCUT2D eigenvalue weighted by atomic mass is 16.5. The van der Waals surface area contributed by atoms with Crippen LogP contribution in [-0.4, -0.2) is 19.6 Å². The van der Waals surface area contributed by atoms with E-state index in [4.69, 9.17) is 4.74 Å². The van der Waals surface area contributed by atoms with Crippen LogP contribution in [0.15, 0.2) is 54.6 Å². The van der Waals surface area contributed by atoms with Crippen molar-refractivity contribution in [2.75, 3.05) is 19.0 Å². The highest BCUT2D eigenvalue weighted by Crippen LogP contribution is 2.22. The van der Waals surface area contributed by atoms with Crippen molar-refractivity contribution in [2.45, 2.75) is 0 Å². The highest BCUT2D eigenvalue weighted by Gasteiger charge is 2.00. The zero-order valence-electron chi connectivity index (χ0n) is 10.6. The summed E-state index contributed by atoms with van der Waals surface area (Å²) in [7, 11) is 1.36. The van der Waals surface area contributed by atoms with Crippen molar-refractivity contribution in [1.29, 1.82) is 0 Å². The van der Waals surface area contributed by atoms with Gasteiger partial charge in [-0.05, 0) is 36.4 Å². The molecule has 0 amide bonds. The first-order valence-corrected chi connectivity index (χ1v) is 5.91. The minimum absolute atomic E-state index is 0.148. The van der Waals surface area contributed by atoms with Crippen LogP contribution in [0.5, 0.6) is 11.5 Å². The molecule has 2 aromatic rings. The highest BCUT2D eigenvalue weighted by molar-refractivity contribution is 5.74. The SMILES string of the molecule is COC(=O)CNc1ccc(Oc2ccccc2)cc1. The third-order valence-corrected chi connectivity index (χ3v) is 2.50. The first-order valence-electron chi connectivity index (χ1n) is 5.91. The molecular weight excluding hydrogens is 242 g/mol. The third-order valence-electron chi connectivity index (χ3n) is 2.50. The molecule has 0 spiro atoms. The molecule has 0 unspecified atom stereocenters. The first kappa shape index (κ1) is 13.0. The number of benzene rings is 2. The van der Waals surface area contributed by atoms with Gasteiger partial charge in [-0.1, -0.05) is 18.2 Å². The summed E-state index contributed by atoms with van der Waals surface area (Å²) in [5.74, 6) is 1.23. The Morgan fingerprint density at radius 2 is 1.63 bits per heavy atom. The van der Waals surface area contributed by atoms with Gasteiger partial charge in [-0.25, -0.2) is 0 Å². The second kappa shape index (κ2) is 6.44. The molecule has 1 N–H and O–H groups in total. The van der Waals surface area contributed by atoms with Gasteiger partial charge >= 0.3 is 5.97 Å². The monoisotopic (exact) mass is 257 g/mol. The minimum Gasteiger partial charge on any atom is -0.468 e. The van der Waals surface area contributed by atoms with Crippen LogP contribution < -0.4 is 10.1 Å². The van der Waals surface area contributed by atoms with E-state index < -0.39 is 0 Å². The summed E-state index contributed by atoms with van der Waals surface area (Å²) in [6.45, 7) is 0.148. The quantitative estimate of drug-likeness (QED) is 0.836. The summed E-state index contributed by atoms with van der Waals surface area (Å²) < 4.78 is 10.2. The van der Waals surface area contributed by atoms with Crippen LogP contribution in [-0.2, 0) is 9.53 Å². The Labute approximate surface area is 112 Å². The molecule has 2 rings (SSSR count). The largest absolute Gasteiger partial charge is 0.468 e. The van der Waals surface area contributed by atoms with Crippen LogP contribution >= 0.6 is 0 Å². The van der Waals surface area contributed by atoms with Crippen molar-refractivity contribution >= 4 is 11.7 Å². The predicted octanol–water partition coefficient (Wildman–Crippen LogP) is 3.06. The van der Waals surface area contributed by atoms with E-state index in [1.54, 1.807) is 0 Å². The fourth-order valence-electron chi connectivity index (χ4n) is 1.51. The lowest BCUT2D eigenvalue weighted by atomic mass is 10.3. The van der Waals surface area contributed by atoms with Crippen LogP contribution in [0.3, 0.4) is 0 Å². The van der Waals surface area contributed by atoms with Gasteiger partial charge in [0.05, 0.1) is 7.11 Å². The zero-order chi connectivity index (χ0) is 13.5. The summed E-state index contributed by atoms with van der Waals surface area (Å²) in [5.41, 5.74) is 0.839. The van der Waals surface area contributed by atoms with Crippen LogP contribution in [0.1, 0.15) is 0 Å². The van der Waals surface area contributed by atoms with E-state index in [-0.39, 0.29) is 12.5 Å². The summed E-state index contributed by atoms with van der Waals surface area (Å²) in [4.78, 5) is 11.0. The van der Waals surface area contributed by atoms with E-state index in [1.807, 2.05) is 54.6 Å². The van der Waals surface area contributed by atoms with Crippen LogP contribution in [0.2, 0.25) is 0 Å². The van der Waals surface area contributed by atoms with E-state index in [1.165, 1.54) is 7.11 Å². The van der Waals surface area contributed by atoms with Crippen molar-refractivity contribution in [1.82, 2.24) is 0 Å². The van der Waals surface area contributed by atoms with Crippen LogP contribution in [0, 0.1) is 0 Å². The van der Waals surface area contributed by atoms with Crippen LogP contribution in [0.25, 0.3) is 0 Å². The number of ether oxygens (including phenoxy) is 2. The average molecular weight is 257 g/mol. The smallest absolute Gasteiger partial charge is 0.325 e. The number of para-hydroxylation sites is 1. The van der Waals surface area contributed by atoms with Gasteiger partial charge in [0.1, 0.15) is 18.0 Å². The molecule has 0 aliphatic heterocycles. The molecule has 0 aliphatic carbocycles. The number of nitrogens with one attached hydrogen (secondary N) is 1. The Morgan fingerprint density at radius 1 is 1.00 bits per heavy atom. The number of carbonyl (C=O) groups excluding carboxylic acids is 1. The molecule has 0 radical (unpaired) electrons. The number of methoxy groups -OCH3 is 1. The molecule has 98 valence electrons. The van der Waals surface area contributed by atoms with Gasteiger partial charge in [-0.2, -0.15) is 0 Å². The Bertz CT molecular complexity index is 523. The van der Waals surface area contributed by atoms with E-state index in [0.717, 1.165) is 17.2 Å². The molecular formula is C15H15NO3. The Morgan fingerprint density at radius 3 is 2.26 bits per heavy atom. The first-order chi connectivity index (χ1) is 9.28. The van der Waals surface area contributed by atoms with Crippen molar-refractivity contribution in [3.63, 3.8) is 0 Å². The molecule has 0 fully saturated rings. The van der Waals surface area contributed by atoms with Crippen molar-refractivity contribution in [2.24, 2.45) is 0 Å². The van der Waals surface area contributed by atoms with Gasteiger partial charge in [-0.3, -0.25) is 4.79 Å². The minimum atomic E-state index is -0.301. The Hall–Kier alpha value is -2.49. The lowest BCUT2D eigenvalue weighted by Crippen LogP contribution is -2.14. The van der Waals surface area contributed by atoms with E-state index in [2.05, 4.69) is 10.1 Å². The van der Waals surface area contributed by atoms with Crippen molar-refractivity contribution < 1.29 is 14.3 Å². The zero-order valence-corrected chi connectivity index (χ0v) is 10.6. The fraction of sp³-hybridized carbons (Fsp3) is 0.133. The summed E-state index contributed by atoms with van der Waals surface area (Å²) in [5, 5.41) is 2.96. The molecule has 4 nitrogen and oxygen atoms in total. The van der Waals surface area contributed by atoms with Crippen LogP contribution in [0.4, 0.5) is 5.69 Å². The molecule has 19 heavy (non-hydrogen) atoms. The maximum Gasteiger partial charge on any atom is 0.325 e. The second-order valence-corrected chi connectivity index (χ2v) is 3.87. The summed E-state index contributed by atoms with van der Waals surface area (Å²) in [6.07, 6.45) is 0. The molecule has 2 aromatic carbocycles. The number of esters is 1. The van der Waals surface area contributed by atoms with E-state index >= 15 is 0 Å². The van der Waals surface area contributed by atoms with Gasteiger partial charge in [0.2, 0.25) is 0 Å². The molecule has 0 aliphatic rings. The standard InChI is InChI=1S/C15H15NO3/c1-18-15(17)11-16-12-7-9-14(10-8-12)19-13-5-3-2-4-6-13/h2-10,16H,11H2,1H3. The van der Waals surface area contributed by atoms with Gasteiger partial charge in [0.25, 0.3) is 0 Å². The van der Waals surface area contributed by atoms with Gasteiger partial charge < -0.3 is 14.8 Å². The average Bonchev–Trinajstić information content (AvgIpc) is 2.47. The molecule has 0 saturated carbocycles. The predicted molar refractivity (Wildman–Crippen MR) is 73.5 cm³/mol. The molecule has 4 heteroatoms. The molecule has 0 heterocycles. The Kier molecular flexibility index (Phi) is 4.39. The maximum absolute atomic E-state index is 11.0. The lowest BCUT2D eigenvalue weighted by Gasteiger charge is -2.08. The lowest BCUT2D eigenvalue weighted by molar-refractivity contribution is -0.138. The van der Waals surface area contributed by atoms with Gasteiger partial charge in [-0.15, -0.1) is 0 Å². The summed E-state index contributed by atoms with van der Waals surface area (Å²) >= 11 is 0. The maximum atomic E-state index is 11.0. The fourth-order valence-corrected chi connectivity index (χ4v) is 1.51. The molecule has 0 atom stereocenters. The van der Waals surface area contributed by atoms with E-state index in [9.17, 15) is 4.79 Å². The normalized spacial score (nSPS) is 9.74.